The number of carbonyl (C=O) groups excluding carboxylic acids is 3. The zero-order chi connectivity index (χ0) is 25.3. The summed E-state index contributed by atoms with van der Waals surface area (Å²) in [7, 11) is 0. The lowest BCUT2D eigenvalue weighted by Crippen LogP contribution is -2.54. The monoisotopic (exact) mass is 513 g/mol. The van der Waals surface area contributed by atoms with Crippen molar-refractivity contribution in [3.05, 3.63) is 35.9 Å². The molecule has 0 aliphatic rings. The summed E-state index contributed by atoms with van der Waals surface area (Å²) in [5.74, 6) is -0.799. The standard InChI is InChI=1S/C25H43N5O4.ClH/c1-4-14-28-30-22(31)13-9-6-10-15-27-24(33)21(16-18(2)3)29-25(34)23(32)20(26)17-19-11-7-5-8-12-19;/h5,7-8,11-12,18,20-21,23,28,32H,4,6,9-10,13-17,26H2,1-3H3,(H,27,33)(H,29,34)(H,30,31);1H/t20-,21+,23+;/m1./s1. The van der Waals surface area contributed by atoms with Gasteiger partial charge in [0.15, 0.2) is 0 Å². The topological polar surface area (TPSA) is 146 Å². The van der Waals surface area contributed by atoms with Crippen LogP contribution >= 0.6 is 12.4 Å². The van der Waals surface area contributed by atoms with E-state index >= 15 is 0 Å². The molecule has 0 aromatic heterocycles. The summed E-state index contributed by atoms with van der Waals surface area (Å²) in [5.41, 5.74) is 12.5. The van der Waals surface area contributed by atoms with Crippen LogP contribution < -0.4 is 27.2 Å². The second-order valence-electron chi connectivity index (χ2n) is 9.07. The van der Waals surface area contributed by atoms with Crippen LogP contribution in [0.15, 0.2) is 30.3 Å². The molecule has 0 heterocycles. The predicted octanol–water partition coefficient (Wildman–Crippen LogP) is 1.58. The van der Waals surface area contributed by atoms with E-state index in [2.05, 4.69) is 21.5 Å². The van der Waals surface area contributed by atoms with Gasteiger partial charge < -0.3 is 21.5 Å². The van der Waals surface area contributed by atoms with Gasteiger partial charge in [0, 0.05) is 25.6 Å². The Bertz CT molecular complexity index is 736. The van der Waals surface area contributed by atoms with Crippen LogP contribution in [0.25, 0.3) is 0 Å². The van der Waals surface area contributed by atoms with E-state index in [9.17, 15) is 19.5 Å². The highest BCUT2D eigenvalue weighted by Crippen LogP contribution is 2.08. The Hall–Kier alpha value is -2.20. The summed E-state index contributed by atoms with van der Waals surface area (Å²) in [6.45, 7) is 7.14. The van der Waals surface area contributed by atoms with Gasteiger partial charge in [-0.25, -0.2) is 5.43 Å². The molecule has 9 nitrogen and oxygen atoms in total. The lowest BCUT2D eigenvalue weighted by molar-refractivity contribution is -0.135. The molecule has 0 unspecified atom stereocenters. The van der Waals surface area contributed by atoms with Gasteiger partial charge in [-0.05, 0) is 43.6 Å². The second-order valence-corrected chi connectivity index (χ2v) is 9.07. The number of aliphatic hydroxyl groups is 1. The van der Waals surface area contributed by atoms with Gasteiger partial charge in [-0.15, -0.1) is 12.4 Å². The van der Waals surface area contributed by atoms with E-state index in [1.54, 1.807) is 0 Å². The van der Waals surface area contributed by atoms with Crippen LogP contribution in [-0.2, 0) is 20.8 Å². The van der Waals surface area contributed by atoms with Gasteiger partial charge in [-0.3, -0.25) is 19.8 Å². The third kappa shape index (κ3) is 14.7. The molecule has 7 N–H and O–H groups in total. The number of hydrogen-bond acceptors (Lipinski definition) is 6. The average molecular weight is 514 g/mol. The first-order chi connectivity index (χ1) is 16.2. The molecule has 1 aromatic carbocycles. The Morgan fingerprint density at radius 2 is 1.69 bits per heavy atom. The minimum Gasteiger partial charge on any atom is -0.382 e. The van der Waals surface area contributed by atoms with Crippen LogP contribution in [0.4, 0.5) is 0 Å². The predicted molar refractivity (Wildman–Crippen MR) is 141 cm³/mol. The highest BCUT2D eigenvalue weighted by Gasteiger charge is 2.28. The minimum absolute atomic E-state index is 0. The number of benzene rings is 1. The fraction of sp³-hybridized carbons (Fsp3) is 0.640. The van der Waals surface area contributed by atoms with E-state index in [1.807, 2.05) is 51.1 Å². The molecular weight excluding hydrogens is 470 g/mol. The molecule has 0 saturated heterocycles. The average Bonchev–Trinajstić information content (AvgIpc) is 2.80. The molecule has 3 atom stereocenters. The Kier molecular flexibility index (Phi) is 17.8. The first kappa shape index (κ1) is 32.8. The largest absolute Gasteiger partial charge is 0.382 e. The van der Waals surface area contributed by atoms with E-state index in [0.717, 1.165) is 37.8 Å². The number of aliphatic hydroxyl groups excluding tert-OH is 1. The highest BCUT2D eigenvalue weighted by atomic mass is 35.5. The molecule has 0 bridgehead atoms. The van der Waals surface area contributed by atoms with Crippen molar-refractivity contribution in [2.75, 3.05) is 13.1 Å². The van der Waals surface area contributed by atoms with Crippen molar-refractivity contribution in [3.63, 3.8) is 0 Å². The Balaban J connectivity index is 0.0000116. The Morgan fingerprint density at radius 1 is 1.00 bits per heavy atom. The number of hydrogen-bond donors (Lipinski definition) is 6. The van der Waals surface area contributed by atoms with Gasteiger partial charge in [0.1, 0.15) is 12.1 Å². The van der Waals surface area contributed by atoms with E-state index < -0.39 is 24.1 Å². The van der Waals surface area contributed by atoms with Crippen molar-refractivity contribution < 1.29 is 19.5 Å². The lowest BCUT2D eigenvalue weighted by Gasteiger charge is -2.24. The second kappa shape index (κ2) is 19.0. The summed E-state index contributed by atoms with van der Waals surface area (Å²) in [6.07, 6.45) is 3.01. The number of unbranched alkanes of at least 4 members (excludes halogenated alkanes) is 2. The summed E-state index contributed by atoms with van der Waals surface area (Å²) in [6, 6.07) is 7.87. The summed E-state index contributed by atoms with van der Waals surface area (Å²) in [4.78, 5) is 36.9. The lowest BCUT2D eigenvalue weighted by atomic mass is 9.99. The first-order valence-corrected chi connectivity index (χ1v) is 12.3. The zero-order valence-corrected chi connectivity index (χ0v) is 22.0. The SMILES string of the molecule is CCCNNC(=O)CCCCCNC(=O)[C@H](CC(C)C)NC(=O)[C@@H](O)[C@H](N)Cc1ccccc1.Cl. The van der Waals surface area contributed by atoms with Crippen molar-refractivity contribution in [2.24, 2.45) is 11.7 Å². The van der Waals surface area contributed by atoms with Crippen LogP contribution in [0.2, 0.25) is 0 Å². The maximum Gasteiger partial charge on any atom is 0.251 e. The fourth-order valence-corrected chi connectivity index (χ4v) is 3.42. The number of nitrogens with one attached hydrogen (secondary N) is 4. The molecule has 1 rings (SSSR count). The van der Waals surface area contributed by atoms with E-state index in [1.165, 1.54) is 0 Å². The van der Waals surface area contributed by atoms with Crippen LogP contribution in [-0.4, -0.2) is 54.1 Å². The van der Waals surface area contributed by atoms with Crippen molar-refractivity contribution in [1.29, 1.82) is 0 Å². The van der Waals surface area contributed by atoms with Crippen LogP contribution in [0.5, 0.6) is 0 Å². The molecule has 0 fully saturated rings. The number of amides is 3. The number of nitrogens with two attached hydrogens (primary N) is 1. The highest BCUT2D eigenvalue weighted by molar-refractivity contribution is 5.89. The molecular formula is C25H44ClN5O4. The molecule has 0 spiro atoms. The van der Waals surface area contributed by atoms with Gasteiger partial charge in [-0.2, -0.15) is 0 Å². The van der Waals surface area contributed by atoms with Crippen LogP contribution in [0.1, 0.15) is 64.9 Å². The van der Waals surface area contributed by atoms with Crippen molar-refractivity contribution >= 4 is 30.1 Å². The van der Waals surface area contributed by atoms with Gasteiger partial charge in [0.2, 0.25) is 11.8 Å². The zero-order valence-electron chi connectivity index (χ0n) is 21.2. The van der Waals surface area contributed by atoms with Crippen molar-refractivity contribution in [1.82, 2.24) is 21.5 Å². The van der Waals surface area contributed by atoms with Gasteiger partial charge in [-0.1, -0.05) is 57.5 Å². The third-order valence-corrected chi connectivity index (χ3v) is 5.31. The molecule has 0 radical (unpaired) electrons. The van der Waals surface area contributed by atoms with Crippen molar-refractivity contribution in [2.45, 2.75) is 83.9 Å². The van der Waals surface area contributed by atoms with E-state index in [-0.39, 0.29) is 30.1 Å². The molecule has 10 heteroatoms. The van der Waals surface area contributed by atoms with Gasteiger partial charge in [0.05, 0.1) is 0 Å². The van der Waals surface area contributed by atoms with E-state index in [0.29, 0.717) is 25.8 Å². The number of carbonyl (C=O) groups is 3. The third-order valence-electron chi connectivity index (χ3n) is 5.31. The molecule has 35 heavy (non-hydrogen) atoms. The maximum atomic E-state index is 12.7. The fourth-order valence-electron chi connectivity index (χ4n) is 3.42. The van der Waals surface area contributed by atoms with Crippen LogP contribution in [0, 0.1) is 5.92 Å². The summed E-state index contributed by atoms with van der Waals surface area (Å²) >= 11 is 0. The van der Waals surface area contributed by atoms with Crippen LogP contribution in [0.3, 0.4) is 0 Å². The quantitative estimate of drug-likeness (QED) is 0.138. The van der Waals surface area contributed by atoms with Crippen molar-refractivity contribution in [3.8, 4) is 0 Å². The van der Waals surface area contributed by atoms with Gasteiger partial charge >= 0.3 is 0 Å². The Labute approximate surface area is 215 Å². The number of halogens is 1. The molecule has 200 valence electrons. The summed E-state index contributed by atoms with van der Waals surface area (Å²) in [5, 5.41) is 15.9. The summed E-state index contributed by atoms with van der Waals surface area (Å²) < 4.78 is 0. The molecule has 0 aliphatic heterocycles. The Morgan fingerprint density at radius 3 is 2.31 bits per heavy atom. The minimum atomic E-state index is -1.42. The molecule has 0 aliphatic carbocycles. The maximum absolute atomic E-state index is 12.7. The number of hydrazine groups is 1. The smallest absolute Gasteiger partial charge is 0.251 e. The molecule has 3 amide bonds. The normalized spacial score (nSPS) is 13.3. The number of rotatable bonds is 17. The molecule has 1 aromatic rings. The van der Waals surface area contributed by atoms with E-state index in [4.69, 9.17) is 5.73 Å². The molecule has 0 saturated carbocycles. The first-order valence-electron chi connectivity index (χ1n) is 12.3. The van der Waals surface area contributed by atoms with Gasteiger partial charge in [0.25, 0.3) is 5.91 Å².